The second kappa shape index (κ2) is 5.11. The molecule has 0 saturated carbocycles. The number of benzene rings is 1. The van der Waals surface area contributed by atoms with Crippen LogP contribution in [0.15, 0.2) is 58.5 Å². The Morgan fingerprint density at radius 1 is 1.21 bits per heavy atom. The van der Waals surface area contributed by atoms with Crippen LogP contribution < -0.4 is 0 Å². The minimum absolute atomic E-state index is 0.0166. The molecule has 0 atom stereocenters. The Balaban J connectivity index is 2.03. The van der Waals surface area contributed by atoms with Crippen LogP contribution in [0.1, 0.15) is 15.4 Å². The van der Waals surface area contributed by atoms with Gasteiger partial charge in [-0.05, 0) is 40.2 Å². The van der Waals surface area contributed by atoms with E-state index in [0.717, 1.165) is 10.2 Å². The molecular formula is C14H9BrN2OS. The third-order valence-corrected chi connectivity index (χ3v) is 4.36. The first-order chi connectivity index (χ1) is 9.25. The topological polar surface area (TPSA) is 34.9 Å². The maximum atomic E-state index is 12.4. The maximum Gasteiger partial charge on any atom is 0.221 e. The predicted octanol–water partition coefficient (Wildman–Crippen LogP) is 3.93. The zero-order chi connectivity index (χ0) is 13.2. The Labute approximate surface area is 122 Å². The summed E-state index contributed by atoms with van der Waals surface area (Å²) in [6, 6.07) is 13.2. The fraction of sp³-hybridized carbons (Fsp3) is 0. The van der Waals surface area contributed by atoms with Gasteiger partial charge in [-0.2, -0.15) is 5.10 Å². The molecular weight excluding hydrogens is 324 g/mol. The summed E-state index contributed by atoms with van der Waals surface area (Å²) in [7, 11) is 0. The first kappa shape index (κ1) is 12.3. The molecule has 1 aromatic carbocycles. The molecule has 5 heteroatoms. The van der Waals surface area contributed by atoms with Crippen molar-refractivity contribution < 1.29 is 4.79 Å². The van der Waals surface area contributed by atoms with E-state index < -0.39 is 0 Å². The average Bonchev–Trinajstić information content (AvgIpc) is 3.07. The lowest BCUT2D eigenvalue weighted by Crippen LogP contribution is -2.08. The van der Waals surface area contributed by atoms with E-state index in [1.54, 1.807) is 16.9 Å². The summed E-state index contributed by atoms with van der Waals surface area (Å²) in [4.78, 5) is 13.1. The first-order valence-electron chi connectivity index (χ1n) is 5.64. The number of nitrogens with zero attached hydrogens (tertiary/aromatic N) is 2. The van der Waals surface area contributed by atoms with E-state index in [9.17, 15) is 4.79 Å². The predicted molar refractivity (Wildman–Crippen MR) is 79.0 cm³/mol. The number of halogens is 1. The van der Waals surface area contributed by atoms with Crippen LogP contribution in [-0.4, -0.2) is 15.6 Å². The van der Waals surface area contributed by atoms with Crippen molar-refractivity contribution in [2.45, 2.75) is 0 Å². The fourth-order valence-corrected chi connectivity index (χ4v) is 3.18. The molecule has 0 aliphatic heterocycles. The van der Waals surface area contributed by atoms with Crippen molar-refractivity contribution in [3.05, 3.63) is 69.1 Å². The Morgan fingerprint density at radius 3 is 2.68 bits per heavy atom. The number of hydrogen-bond acceptors (Lipinski definition) is 3. The van der Waals surface area contributed by atoms with Gasteiger partial charge in [-0.3, -0.25) is 4.79 Å². The van der Waals surface area contributed by atoms with Crippen LogP contribution in [0.3, 0.4) is 0 Å². The lowest BCUT2D eigenvalue weighted by atomic mass is 10.2. The van der Waals surface area contributed by atoms with Crippen molar-refractivity contribution in [3.63, 3.8) is 0 Å². The highest BCUT2D eigenvalue weighted by atomic mass is 79.9. The number of carbonyl (C=O) groups excluding carboxylic acids is 1. The van der Waals surface area contributed by atoms with Crippen LogP contribution in [-0.2, 0) is 0 Å². The zero-order valence-electron chi connectivity index (χ0n) is 9.79. The molecule has 3 nitrogen and oxygen atoms in total. The zero-order valence-corrected chi connectivity index (χ0v) is 12.2. The van der Waals surface area contributed by atoms with E-state index in [0.29, 0.717) is 10.6 Å². The monoisotopic (exact) mass is 332 g/mol. The van der Waals surface area contributed by atoms with Gasteiger partial charge >= 0.3 is 0 Å². The molecule has 3 aromatic rings. The summed E-state index contributed by atoms with van der Waals surface area (Å²) >= 11 is 4.79. The highest BCUT2D eigenvalue weighted by molar-refractivity contribution is 9.10. The summed E-state index contributed by atoms with van der Waals surface area (Å²) in [6.45, 7) is 0. The second-order valence-electron chi connectivity index (χ2n) is 3.92. The highest BCUT2D eigenvalue weighted by Crippen LogP contribution is 2.23. The molecule has 0 saturated heterocycles. The van der Waals surface area contributed by atoms with E-state index in [1.165, 1.54) is 11.3 Å². The molecule has 94 valence electrons. The van der Waals surface area contributed by atoms with Crippen LogP contribution in [0.5, 0.6) is 0 Å². The van der Waals surface area contributed by atoms with Gasteiger partial charge in [0.25, 0.3) is 0 Å². The number of carbonyl (C=O) groups is 1. The third-order valence-electron chi connectivity index (χ3n) is 2.67. The third kappa shape index (κ3) is 2.39. The largest absolute Gasteiger partial charge is 0.286 e. The highest BCUT2D eigenvalue weighted by Gasteiger charge is 2.16. The summed E-state index contributed by atoms with van der Waals surface area (Å²) < 4.78 is 2.59. The van der Waals surface area contributed by atoms with Gasteiger partial charge in [0, 0.05) is 9.85 Å². The second-order valence-corrected chi connectivity index (χ2v) is 5.75. The fourth-order valence-electron chi connectivity index (χ4n) is 1.81. The normalized spacial score (nSPS) is 10.6. The maximum absolute atomic E-state index is 12.4. The van der Waals surface area contributed by atoms with Gasteiger partial charge < -0.3 is 0 Å². The van der Waals surface area contributed by atoms with E-state index >= 15 is 0 Å². The molecule has 0 aliphatic rings. The molecule has 0 fully saturated rings. The van der Waals surface area contributed by atoms with Gasteiger partial charge in [-0.1, -0.05) is 18.2 Å². The minimum Gasteiger partial charge on any atom is -0.286 e. The molecule has 0 N–H and O–H groups in total. The number of thiophene rings is 1. The van der Waals surface area contributed by atoms with E-state index in [2.05, 4.69) is 21.0 Å². The van der Waals surface area contributed by atoms with Crippen LogP contribution >= 0.6 is 27.3 Å². The van der Waals surface area contributed by atoms with Crippen molar-refractivity contribution in [3.8, 4) is 5.69 Å². The van der Waals surface area contributed by atoms with E-state index in [4.69, 9.17) is 0 Å². The smallest absolute Gasteiger partial charge is 0.221 e. The van der Waals surface area contributed by atoms with Crippen molar-refractivity contribution in [1.82, 2.24) is 9.78 Å². The molecule has 2 heterocycles. The molecule has 3 rings (SSSR count). The van der Waals surface area contributed by atoms with Gasteiger partial charge in [0.05, 0.1) is 16.8 Å². The Bertz CT molecular complexity index is 718. The van der Waals surface area contributed by atoms with Crippen molar-refractivity contribution in [1.29, 1.82) is 0 Å². The Kier molecular flexibility index (Phi) is 3.31. The Hall–Kier alpha value is -1.72. The van der Waals surface area contributed by atoms with Gasteiger partial charge in [0.15, 0.2) is 0 Å². The van der Waals surface area contributed by atoms with Gasteiger partial charge in [-0.25, -0.2) is 4.68 Å². The molecule has 0 amide bonds. The number of para-hydroxylation sites is 1. The summed E-state index contributed by atoms with van der Waals surface area (Å²) in [6.07, 6.45) is 1.64. The molecule has 0 aliphatic carbocycles. The van der Waals surface area contributed by atoms with Crippen LogP contribution in [0.4, 0.5) is 0 Å². The minimum atomic E-state index is -0.0166. The summed E-state index contributed by atoms with van der Waals surface area (Å²) in [5.41, 5.74) is 1.45. The number of rotatable bonds is 3. The molecule has 19 heavy (non-hydrogen) atoms. The SMILES string of the molecule is O=C(c1cc(Br)cs1)c1ccnn1-c1ccccc1. The molecule has 2 aromatic heterocycles. The quantitative estimate of drug-likeness (QED) is 0.681. The molecule has 0 spiro atoms. The van der Waals surface area contributed by atoms with E-state index in [1.807, 2.05) is 41.8 Å². The summed E-state index contributed by atoms with van der Waals surface area (Å²) in [5, 5.41) is 6.13. The molecule has 0 radical (unpaired) electrons. The number of ketones is 1. The van der Waals surface area contributed by atoms with Crippen molar-refractivity contribution in [2.75, 3.05) is 0 Å². The number of aromatic nitrogens is 2. The first-order valence-corrected chi connectivity index (χ1v) is 7.31. The molecule has 0 unspecified atom stereocenters. The van der Waals surface area contributed by atoms with Crippen LogP contribution in [0, 0.1) is 0 Å². The standard InChI is InChI=1S/C14H9BrN2OS/c15-10-8-13(19-9-10)14(18)12-6-7-16-17(12)11-4-2-1-3-5-11/h1-9H. The lowest BCUT2D eigenvalue weighted by molar-refractivity contribution is 0.103. The van der Waals surface area contributed by atoms with Gasteiger partial charge in [0.2, 0.25) is 5.78 Å². The number of hydrogen-bond donors (Lipinski definition) is 0. The van der Waals surface area contributed by atoms with E-state index in [-0.39, 0.29) is 5.78 Å². The summed E-state index contributed by atoms with van der Waals surface area (Å²) in [5.74, 6) is -0.0166. The van der Waals surface area contributed by atoms with Gasteiger partial charge in [0.1, 0.15) is 5.69 Å². The van der Waals surface area contributed by atoms with Gasteiger partial charge in [-0.15, -0.1) is 11.3 Å². The average molecular weight is 333 g/mol. The van der Waals surface area contributed by atoms with Crippen molar-refractivity contribution in [2.24, 2.45) is 0 Å². The molecule has 0 bridgehead atoms. The lowest BCUT2D eigenvalue weighted by Gasteiger charge is -2.05. The van der Waals surface area contributed by atoms with Crippen molar-refractivity contribution >= 4 is 33.0 Å². The Morgan fingerprint density at radius 2 is 2.00 bits per heavy atom. The van der Waals surface area contributed by atoms with Crippen LogP contribution in [0.2, 0.25) is 0 Å². The van der Waals surface area contributed by atoms with Crippen LogP contribution in [0.25, 0.3) is 5.69 Å².